The molecule has 22 heavy (non-hydrogen) atoms. The van der Waals surface area contributed by atoms with Gasteiger partial charge < -0.3 is 5.32 Å². The first-order valence-corrected chi connectivity index (χ1v) is 8.23. The van der Waals surface area contributed by atoms with Gasteiger partial charge in [-0.15, -0.1) is 11.3 Å². The Hall–Kier alpha value is -2.06. The summed E-state index contributed by atoms with van der Waals surface area (Å²) in [5.74, 6) is -0.142. The Bertz CT molecular complexity index is 771. The summed E-state index contributed by atoms with van der Waals surface area (Å²) in [5.41, 5.74) is 1.47. The van der Waals surface area contributed by atoms with E-state index in [1.54, 1.807) is 29.3 Å². The monoisotopic (exact) mass is 377 g/mol. The zero-order valence-electron chi connectivity index (χ0n) is 11.4. The van der Waals surface area contributed by atoms with E-state index in [0.717, 1.165) is 15.3 Å². The number of pyridine rings is 1. The summed E-state index contributed by atoms with van der Waals surface area (Å²) >= 11 is 4.82. The molecule has 6 nitrogen and oxygen atoms in total. The molecule has 0 radical (unpaired) electrons. The number of halogens is 1. The molecule has 0 aromatic carbocycles. The fourth-order valence-corrected chi connectivity index (χ4v) is 3.00. The van der Waals surface area contributed by atoms with Crippen molar-refractivity contribution in [2.75, 3.05) is 6.54 Å². The summed E-state index contributed by atoms with van der Waals surface area (Å²) < 4.78 is 2.50. The number of hydrogen-bond acceptors (Lipinski definition) is 5. The standard InChI is InChI=1S/C14H12BrN5OS/c15-11-6-10(7-16-8-11)13(21)17-4-2-12-9-22-14(19-12)20-5-1-3-18-20/h1,3,5-9H,2,4H2,(H,17,21). The average molecular weight is 378 g/mol. The largest absolute Gasteiger partial charge is 0.352 e. The number of carbonyl (C=O) groups excluding carboxylic acids is 1. The van der Waals surface area contributed by atoms with Crippen LogP contribution in [0.4, 0.5) is 0 Å². The topological polar surface area (TPSA) is 72.7 Å². The molecule has 0 atom stereocenters. The van der Waals surface area contributed by atoms with Crippen LogP contribution in [0.5, 0.6) is 0 Å². The van der Waals surface area contributed by atoms with Crippen molar-refractivity contribution in [2.24, 2.45) is 0 Å². The van der Waals surface area contributed by atoms with E-state index in [2.05, 4.69) is 36.3 Å². The lowest BCUT2D eigenvalue weighted by Crippen LogP contribution is -2.25. The Kier molecular flexibility index (Phi) is 4.59. The van der Waals surface area contributed by atoms with Gasteiger partial charge in [0.1, 0.15) is 0 Å². The Balaban J connectivity index is 1.54. The van der Waals surface area contributed by atoms with E-state index in [0.29, 0.717) is 18.5 Å². The third-order valence-electron chi connectivity index (χ3n) is 2.87. The van der Waals surface area contributed by atoms with Crippen LogP contribution in [-0.4, -0.2) is 32.2 Å². The van der Waals surface area contributed by atoms with E-state index in [9.17, 15) is 4.79 Å². The van der Waals surface area contributed by atoms with E-state index < -0.39 is 0 Å². The van der Waals surface area contributed by atoms with E-state index in [1.165, 1.54) is 11.3 Å². The highest BCUT2D eigenvalue weighted by Crippen LogP contribution is 2.14. The first-order valence-electron chi connectivity index (χ1n) is 6.55. The normalized spacial score (nSPS) is 10.6. The summed E-state index contributed by atoms with van der Waals surface area (Å²) in [4.78, 5) is 20.4. The van der Waals surface area contributed by atoms with Gasteiger partial charge in [-0.05, 0) is 28.1 Å². The van der Waals surface area contributed by atoms with Gasteiger partial charge in [0.2, 0.25) is 5.13 Å². The van der Waals surface area contributed by atoms with Crippen LogP contribution in [-0.2, 0) is 6.42 Å². The Morgan fingerprint density at radius 1 is 1.41 bits per heavy atom. The van der Waals surface area contributed by atoms with Crippen molar-refractivity contribution in [3.05, 3.63) is 58.0 Å². The van der Waals surface area contributed by atoms with Crippen LogP contribution in [0.1, 0.15) is 16.1 Å². The van der Waals surface area contributed by atoms with Crippen molar-refractivity contribution in [3.63, 3.8) is 0 Å². The van der Waals surface area contributed by atoms with Crippen LogP contribution in [0.2, 0.25) is 0 Å². The highest BCUT2D eigenvalue weighted by molar-refractivity contribution is 9.10. The second kappa shape index (κ2) is 6.80. The van der Waals surface area contributed by atoms with Gasteiger partial charge in [-0.1, -0.05) is 0 Å². The maximum Gasteiger partial charge on any atom is 0.252 e. The van der Waals surface area contributed by atoms with Gasteiger partial charge in [0.25, 0.3) is 5.91 Å². The predicted molar refractivity (Wildman–Crippen MR) is 87.2 cm³/mol. The second-order valence-electron chi connectivity index (χ2n) is 4.47. The van der Waals surface area contributed by atoms with Gasteiger partial charge in [-0.3, -0.25) is 9.78 Å². The summed E-state index contributed by atoms with van der Waals surface area (Å²) in [5, 5.41) is 9.80. The van der Waals surface area contributed by atoms with Crippen molar-refractivity contribution >= 4 is 33.2 Å². The van der Waals surface area contributed by atoms with Crippen LogP contribution < -0.4 is 5.32 Å². The third kappa shape index (κ3) is 3.58. The molecule has 0 spiro atoms. The van der Waals surface area contributed by atoms with Gasteiger partial charge in [0.15, 0.2) is 0 Å². The fraction of sp³-hybridized carbons (Fsp3) is 0.143. The van der Waals surface area contributed by atoms with E-state index in [1.807, 2.05) is 17.6 Å². The molecule has 0 aliphatic heterocycles. The highest BCUT2D eigenvalue weighted by atomic mass is 79.9. The van der Waals surface area contributed by atoms with Crippen molar-refractivity contribution in [1.29, 1.82) is 0 Å². The molecule has 0 unspecified atom stereocenters. The second-order valence-corrected chi connectivity index (χ2v) is 6.22. The van der Waals surface area contributed by atoms with E-state index in [-0.39, 0.29) is 5.91 Å². The number of thiazole rings is 1. The number of carbonyl (C=O) groups is 1. The Morgan fingerprint density at radius 3 is 3.09 bits per heavy atom. The van der Waals surface area contributed by atoms with Gasteiger partial charge in [-0.25, -0.2) is 9.67 Å². The molecule has 1 N–H and O–H groups in total. The molecule has 0 saturated heterocycles. The maximum absolute atomic E-state index is 12.0. The van der Waals surface area contributed by atoms with Gasteiger partial charge in [0, 0.05) is 47.6 Å². The average Bonchev–Trinajstić information content (AvgIpc) is 3.18. The van der Waals surface area contributed by atoms with Gasteiger partial charge in [0.05, 0.1) is 11.3 Å². The Labute approximate surface area is 139 Å². The molecule has 1 amide bonds. The van der Waals surface area contributed by atoms with Crippen molar-refractivity contribution in [2.45, 2.75) is 6.42 Å². The molecular weight excluding hydrogens is 366 g/mol. The van der Waals surface area contributed by atoms with Crippen LogP contribution in [0, 0.1) is 0 Å². The molecule has 0 bridgehead atoms. The summed E-state index contributed by atoms with van der Waals surface area (Å²) in [6.07, 6.45) is 7.42. The van der Waals surface area contributed by atoms with E-state index in [4.69, 9.17) is 0 Å². The summed E-state index contributed by atoms with van der Waals surface area (Å²) in [6, 6.07) is 3.59. The first-order chi connectivity index (χ1) is 10.7. The number of rotatable bonds is 5. The van der Waals surface area contributed by atoms with Crippen LogP contribution in [0.3, 0.4) is 0 Å². The molecule has 8 heteroatoms. The van der Waals surface area contributed by atoms with Gasteiger partial charge in [-0.2, -0.15) is 5.10 Å². The first kappa shape index (κ1) is 14.9. The van der Waals surface area contributed by atoms with Crippen LogP contribution in [0.25, 0.3) is 5.13 Å². The molecular formula is C14H12BrN5OS. The van der Waals surface area contributed by atoms with E-state index >= 15 is 0 Å². The molecule has 112 valence electrons. The van der Waals surface area contributed by atoms with Crippen molar-refractivity contribution < 1.29 is 4.79 Å². The lowest BCUT2D eigenvalue weighted by molar-refractivity contribution is 0.0953. The fourth-order valence-electron chi connectivity index (χ4n) is 1.84. The molecule has 3 aromatic rings. The molecule has 3 aromatic heterocycles. The van der Waals surface area contributed by atoms with Crippen LogP contribution in [0.15, 0.2) is 46.8 Å². The maximum atomic E-state index is 12.0. The third-order valence-corrected chi connectivity index (χ3v) is 4.19. The zero-order chi connectivity index (χ0) is 15.4. The lowest BCUT2D eigenvalue weighted by atomic mass is 10.2. The molecule has 0 saturated carbocycles. The molecule has 3 heterocycles. The number of nitrogens with zero attached hydrogens (tertiary/aromatic N) is 4. The van der Waals surface area contributed by atoms with Gasteiger partial charge >= 0.3 is 0 Å². The van der Waals surface area contributed by atoms with Crippen molar-refractivity contribution in [1.82, 2.24) is 25.1 Å². The lowest BCUT2D eigenvalue weighted by Gasteiger charge is -2.04. The zero-order valence-corrected chi connectivity index (χ0v) is 13.8. The number of aromatic nitrogens is 4. The molecule has 3 rings (SSSR count). The minimum absolute atomic E-state index is 0.142. The summed E-state index contributed by atoms with van der Waals surface area (Å²) in [7, 11) is 0. The Morgan fingerprint density at radius 2 is 2.32 bits per heavy atom. The minimum Gasteiger partial charge on any atom is -0.352 e. The molecule has 0 aliphatic carbocycles. The van der Waals surface area contributed by atoms with Crippen LogP contribution >= 0.6 is 27.3 Å². The summed E-state index contributed by atoms with van der Waals surface area (Å²) in [6.45, 7) is 0.521. The SMILES string of the molecule is O=C(NCCc1csc(-n2cccn2)n1)c1cncc(Br)c1. The van der Waals surface area contributed by atoms with Crippen molar-refractivity contribution in [3.8, 4) is 5.13 Å². The predicted octanol–water partition coefficient (Wildman–Crippen LogP) is 2.46. The minimum atomic E-state index is -0.142. The quantitative estimate of drug-likeness (QED) is 0.740. The molecule has 0 fully saturated rings. The number of nitrogens with one attached hydrogen (secondary N) is 1. The number of amides is 1. The highest BCUT2D eigenvalue weighted by Gasteiger charge is 2.07. The molecule has 0 aliphatic rings. The smallest absolute Gasteiger partial charge is 0.252 e. The number of hydrogen-bond donors (Lipinski definition) is 1.